The van der Waals surface area contributed by atoms with Crippen LogP contribution in [0.15, 0.2) is 48.5 Å². The standard InChI is InChI=1S/C19H23NO3/c1-19(2,12-11-16-9-6-10-17(13-21)20-16)18(22)23-14-15-7-4-3-5-8-15/h3-10,21H,11-14H2,1-2H3. The number of aromatic nitrogens is 1. The van der Waals surface area contributed by atoms with Gasteiger partial charge in [-0.2, -0.15) is 0 Å². The molecular weight excluding hydrogens is 290 g/mol. The summed E-state index contributed by atoms with van der Waals surface area (Å²) in [5, 5.41) is 9.12. The van der Waals surface area contributed by atoms with Gasteiger partial charge in [0.1, 0.15) is 6.61 Å². The lowest BCUT2D eigenvalue weighted by Gasteiger charge is -2.22. The number of aliphatic hydroxyl groups is 1. The van der Waals surface area contributed by atoms with E-state index in [0.717, 1.165) is 11.3 Å². The number of hydrogen-bond donors (Lipinski definition) is 1. The fraction of sp³-hybridized carbons (Fsp3) is 0.368. The number of esters is 1. The number of pyridine rings is 1. The van der Waals surface area contributed by atoms with Gasteiger partial charge in [0.15, 0.2) is 0 Å². The van der Waals surface area contributed by atoms with Crippen LogP contribution in [0.2, 0.25) is 0 Å². The number of nitrogens with zero attached hydrogens (tertiary/aromatic N) is 1. The number of ether oxygens (including phenoxy) is 1. The van der Waals surface area contributed by atoms with Crippen molar-refractivity contribution in [2.75, 3.05) is 0 Å². The molecule has 0 aliphatic heterocycles. The lowest BCUT2D eigenvalue weighted by Crippen LogP contribution is -2.27. The zero-order chi connectivity index (χ0) is 16.7. The molecule has 1 N–H and O–H groups in total. The third-order valence-electron chi connectivity index (χ3n) is 3.80. The maximum absolute atomic E-state index is 12.3. The molecule has 2 rings (SSSR count). The summed E-state index contributed by atoms with van der Waals surface area (Å²) < 4.78 is 5.43. The minimum Gasteiger partial charge on any atom is -0.460 e. The van der Waals surface area contributed by atoms with Crippen molar-refractivity contribution in [3.63, 3.8) is 0 Å². The molecule has 1 aromatic heterocycles. The second-order valence-electron chi connectivity index (χ2n) is 6.22. The van der Waals surface area contributed by atoms with E-state index in [2.05, 4.69) is 4.98 Å². The number of hydrogen-bond acceptors (Lipinski definition) is 4. The molecule has 0 aliphatic carbocycles. The monoisotopic (exact) mass is 313 g/mol. The first-order valence-electron chi connectivity index (χ1n) is 7.78. The van der Waals surface area contributed by atoms with Crippen LogP contribution in [0.25, 0.3) is 0 Å². The molecule has 0 unspecified atom stereocenters. The summed E-state index contributed by atoms with van der Waals surface area (Å²) >= 11 is 0. The highest BCUT2D eigenvalue weighted by atomic mass is 16.5. The maximum Gasteiger partial charge on any atom is 0.311 e. The Morgan fingerprint density at radius 1 is 1.09 bits per heavy atom. The summed E-state index contributed by atoms with van der Waals surface area (Å²) in [5.74, 6) is -0.209. The number of carbonyl (C=O) groups is 1. The Hall–Kier alpha value is -2.20. The van der Waals surface area contributed by atoms with Crippen LogP contribution in [0.4, 0.5) is 0 Å². The number of aryl methyl sites for hydroxylation is 1. The van der Waals surface area contributed by atoms with Crippen LogP contribution in [0.1, 0.15) is 37.2 Å². The Morgan fingerprint density at radius 2 is 1.78 bits per heavy atom. The summed E-state index contributed by atoms with van der Waals surface area (Å²) in [6, 6.07) is 15.2. The highest BCUT2D eigenvalue weighted by molar-refractivity contribution is 5.75. The maximum atomic E-state index is 12.3. The van der Waals surface area contributed by atoms with Crippen molar-refractivity contribution in [1.29, 1.82) is 0 Å². The first kappa shape index (κ1) is 17.2. The average molecular weight is 313 g/mol. The molecule has 4 heteroatoms. The van der Waals surface area contributed by atoms with Crippen molar-refractivity contribution in [2.24, 2.45) is 5.41 Å². The summed E-state index contributed by atoms with van der Waals surface area (Å²) in [6.45, 7) is 3.99. The van der Waals surface area contributed by atoms with Crippen LogP contribution in [0, 0.1) is 5.41 Å². The molecule has 0 spiro atoms. The van der Waals surface area contributed by atoms with Crippen LogP contribution in [-0.2, 0) is 29.2 Å². The lowest BCUT2D eigenvalue weighted by atomic mass is 9.87. The Kier molecular flexibility index (Phi) is 5.88. The third kappa shape index (κ3) is 5.18. The van der Waals surface area contributed by atoms with Crippen molar-refractivity contribution in [3.05, 3.63) is 65.5 Å². The molecule has 122 valence electrons. The zero-order valence-electron chi connectivity index (χ0n) is 13.7. The van der Waals surface area contributed by atoms with Gasteiger partial charge in [0.2, 0.25) is 0 Å². The molecule has 0 fully saturated rings. The van der Waals surface area contributed by atoms with Crippen LogP contribution < -0.4 is 0 Å². The van der Waals surface area contributed by atoms with Crippen molar-refractivity contribution in [1.82, 2.24) is 4.98 Å². The van der Waals surface area contributed by atoms with E-state index in [1.165, 1.54) is 0 Å². The summed E-state index contributed by atoms with van der Waals surface area (Å²) in [5.41, 5.74) is 1.92. The van der Waals surface area contributed by atoms with E-state index in [1.54, 1.807) is 6.07 Å². The molecule has 4 nitrogen and oxygen atoms in total. The van der Waals surface area contributed by atoms with Gasteiger partial charge in [-0.25, -0.2) is 0 Å². The Labute approximate surface area is 137 Å². The molecule has 0 saturated heterocycles. The quantitative estimate of drug-likeness (QED) is 0.797. The van der Waals surface area contributed by atoms with Gasteiger partial charge in [-0.3, -0.25) is 9.78 Å². The fourth-order valence-corrected chi connectivity index (χ4v) is 2.22. The molecule has 0 saturated carbocycles. The lowest BCUT2D eigenvalue weighted by molar-refractivity contribution is -0.155. The molecule has 0 atom stereocenters. The van der Waals surface area contributed by atoms with Crippen LogP contribution in [0.5, 0.6) is 0 Å². The second kappa shape index (κ2) is 7.88. The Morgan fingerprint density at radius 3 is 2.48 bits per heavy atom. The number of aliphatic hydroxyl groups excluding tert-OH is 1. The predicted octanol–water partition coefficient (Wildman–Crippen LogP) is 3.28. The second-order valence-corrected chi connectivity index (χ2v) is 6.22. The van der Waals surface area contributed by atoms with Gasteiger partial charge < -0.3 is 9.84 Å². The zero-order valence-corrected chi connectivity index (χ0v) is 13.7. The largest absolute Gasteiger partial charge is 0.460 e. The Bertz CT molecular complexity index is 638. The summed E-state index contributed by atoms with van der Waals surface area (Å²) in [6.07, 6.45) is 1.31. The molecule has 1 heterocycles. The number of carbonyl (C=O) groups excluding carboxylic acids is 1. The van der Waals surface area contributed by atoms with Gasteiger partial charge in [0.05, 0.1) is 17.7 Å². The van der Waals surface area contributed by atoms with Crippen molar-refractivity contribution < 1.29 is 14.6 Å². The molecule has 1 aromatic carbocycles. The summed E-state index contributed by atoms with van der Waals surface area (Å²) in [7, 11) is 0. The van der Waals surface area contributed by atoms with E-state index in [9.17, 15) is 4.79 Å². The highest BCUT2D eigenvalue weighted by Gasteiger charge is 2.29. The first-order valence-corrected chi connectivity index (χ1v) is 7.78. The predicted molar refractivity (Wildman–Crippen MR) is 88.5 cm³/mol. The summed E-state index contributed by atoms with van der Waals surface area (Å²) in [4.78, 5) is 16.6. The van der Waals surface area contributed by atoms with Crippen LogP contribution in [0.3, 0.4) is 0 Å². The molecule has 0 aliphatic rings. The van der Waals surface area contributed by atoms with E-state index in [-0.39, 0.29) is 12.6 Å². The molecular formula is C19H23NO3. The Balaban J connectivity index is 1.88. The topological polar surface area (TPSA) is 59.4 Å². The van der Waals surface area contributed by atoms with E-state index in [0.29, 0.717) is 25.1 Å². The van der Waals surface area contributed by atoms with Crippen molar-refractivity contribution in [3.8, 4) is 0 Å². The van der Waals surface area contributed by atoms with E-state index in [1.807, 2.05) is 56.3 Å². The van der Waals surface area contributed by atoms with E-state index < -0.39 is 5.41 Å². The molecule has 0 bridgehead atoms. The van der Waals surface area contributed by atoms with Gasteiger partial charge >= 0.3 is 5.97 Å². The van der Waals surface area contributed by atoms with Crippen molar-refractivity contribution in [2.45, 2.75) is 39.9 Å². The highest BCUT2D eigenvalue weighted by Crippen LogP contribution is 2.25. The minimum absolute atomic E-state index is 0.0731. The van der Waals surface area contributed by atoms with E-state index >= 15 is 0 Å². The first-order chi connectivity index (χ1) is 11.0. The number of rotatable bonds is 7. The average Bonchev–Trinajstić information content (AvgIpc) is 2.59. The van der Waals surface area contributed by atoms with Gasteiger partial charge in [-0.15, -0.1) is 0 Å². The van der Waals surface area contributed by atoms with Gasteiger partial charge in [-0.05, 0) is 44.4 Å². The van der Waals surface area contributed by atoms with Crippen LogP contribution >= 0.6 is 0 Å². The third-order valence-corrected chi connectivity index (χ3v) is 3.80. The normalized spacial score (nSPS) is 11.3. The molecule has 0 radical (unpaired) electrons. The minimum atomic E-state index is -0.578. The van der Waals surface area contributed by atoms with Crippen LogP contribution in [-0.4, -0.2) is 16.1 Å². The smallest absolute Gasteiger partial charge is 0.311 e. The van der Waals surface area contributed by atoms with Gasteiger partial charge in [-0.1, -0.05) is 36.4 Å². The molecule has 23 heavy (non-hydrogen) atoms. The molecule has 0 amide bonds. The van der Waals surface area contributed by atoms with Gasteiger partial charge in [0.25, 0.3) is 0 Å². The molecule has 2 aromatic rings. The van der Waals surface area contributed by atoms with Crippen molar-refractivity contribution >= 4 is 5.97 Å². The van der Waals surface area contributed by atoms with Gasteiger partial charge in [0, 0.05) is 5.69 Å². The van der Waals surface area contributed by atoms with E-state index in [4.69, 9.17) is 9.84 Å². The fourth-order valence-electron chi connectivity index (χ4n) is 2.22. The number of benzene rings is 1. The SMILES string of the molecule is CC(C)(CCc1cccc(CO)n1)C(=O)OCc1ccccc1.